The molecule has 118 valence electrons. The van der Waals surface area contributed by atoms with Crippen LogP contribution < -0.4 is 14.8 Å². The maximum atomic E-state index is 12.1. The highest BCUT2D eigenvalue weighted by Crippen LogP contribution is 2.32. The molecule has 0 aliphatic carbocycles. The van der Waals surface area contributed by atoms with Crippen LogP contribution in [0.4, 0.5) is 5.69 Å². The van der Waals surface area contributed by atoms with E-state index in [0.29, 0.717) is 30.0 Å². The van der Waals surface area contributed by atoms with Gasteiger partial charge in [-0.05, 0) is 30.2 Å². The molecule has 0 saturated carbocycles. The van der Waals surface area contributed by atoms with Crippen LogP contribution in [-0.4, -0.2) is 24.2 Å². The van der Waals surface area contributed by atoms with E-state index in [1.807, 2.05) is 0 Å². The van der Waals surface area contributed by atoms with Crippen molar-refractivity contribution >= 4 is 11.6 Å². The van der Waals surface area contributed by atoms with E-state index >= 15 is 0 Å². The van der Waals surface area contributed by atoms with Crippen molar-refractivity contribution in [3.8, 4) is 11.5 Å². The van der Waals surface area contributed by atoms with Crippen molar-refractivity contribution in [2.24, 2.45) is 0 Å². The van der Waals surface area contributed by atoms with Gasteiger partial charge >= 0.3 is 0 Å². The predicted octanol–water partition coefficient (Wildman–Crippen LogP) is 2.30. The summed E-state index contributed by atoms with van der Waals surface area (Å²) in [5.41, 5.74) is 1.47. The molecule has 0 spiro atoms. The molecule has 7 nitrogen and oxygen atoms in total. The Morgan fingerprint density at radius 3 is 2.61 bits per heavy atom. The van der Waals surface area contributed by atoms with Crippen molar-refractivity contribution in [2.45, 2.75) is 6.42 Å². The lowest BCUT2D eigenvalue weighted by molar-refractivity contribution is -0.384. The number of carbonyl (C=O) groups excluding carboxylic acids is 1. The number of ether oxygens (including phenoxy) is 2. The monoisotopic (exact) mass is 314 g/mol. The molecule has 0 fully saturated rings. The molecule has 0 aromatic heterocycles. The van der Waals surface area contributed by atoms with Gasteiger partial charge < -0.3 is 14.8 Å². The van der Waals surface area contributed by atoms with Crippen molar-refractivity contribution in [1.29, 1.82) is 0 Å². The minimum absolute atomic E-state index is 0.0538. The number of benzene rings is 2. The maximum Gasteiger partial charge on any atom is 0.269 e. The molecule has 2 aromatic carbocycles. The predicted molar refractivity (Wildman–Crippen MR) is 81.7 cm³/mol. The van der Waals surface area contributed by atoms with Gasteiger partial charge in [-0.3, -0.25) is 14.9 Å². The Hall–Kier alpha value is -3.09. The average molecular weight is 314 g/mol. The lowest BCUT2D eigenvalue weighted by Gasteiger charge is -2.06. The van der Waals surface area contributed by atoms with Gasteiger partial charge in [-0.15, -0.1) is 0 Å². The van der Waals surface area contributed by atoms with Crippen molar-refractivity contribution in [3.05, 3.63) is 63.7 Å². The number of nitro benzene ring substituents is 1. The SMILES string of the molecule is O=C(NCCc1ccc([N+](=O)[O-])cc1)c1ccc2c(c1)OCO2. The Morgan fingerprint density at radius 1 is 1.13 bits per heavy atom. The van der Waals surface area contributed by atoms with Gasteiger partial charge in [-0.2, -0.15) is 0 Å². The van der Waals surface area contributed by atoms with E-state index in [1.54, 1.807) is 30.3 Å². The second kappa shape index (κ2) is 6.35. The summed E-state index contributed by atoms with van der Waals surface area (Å²) in [7, 11) is 0. The van der Waals surface area contributed by atoms with Crippen LogP contribution in [0.1, 0.15) is 15.9 Å². The van der Waals surface area contributed by atoms with Crippen LogP contribution in [0.2, 0.25) is 0 Å². The molecule has 3 rings (SSSR count). The van der Waals surface area contributed by atoms with Gasteiger partial charge in [0.15, 0.2) is 11.5 Å². The van der Waals surface area contributed by atoms with E-state index in [-0.39, 0.29) is 18.4 Å². The zero-order chi connectivity index (χ0) is 16.2. The molecule has 1 aliphatic heterocycles. The molecule has 1 amide bonds. The maximum absolute atomic E-state index is 12.1. The Balaban J connectivity index is 1.54. The first kappa shape index (κ1) is 14.8. The second-order valence-corrected chi connectivity index (χ2v) is 5.00. The summed E-state index contributed by atoms with van der Waals surface area (Å²) in [6.45, 7) is 0.603. The molecule has 7 heteroatoms. The number of non-ortho nitro benzene ring substituents is 1. The number of fused-ring (bicyclic) bond motifs is 1. The highest BCUT2D eigenvalue weighted by atomic mass is 16.7. The van der Waals surface area contributed by atoms with Gasteiger partial charge in [0.1, 0.15) is 0 Å². The normalized spacial score (nSPS) is 12.0. The highest BCUT2D eigenvalue weighted by molar-refractivity contribution is 5.94. The topological polar surface area (TPSA) is 90.7 Å². The molecule has 2 aromatic rings. The lowest BCUT2D eigenvalue weighted by Crippen LogP contribution is -2.25. The van der Waals surface area contributed by atoms with Crippen LogP contribution in [-0.2, 0) is 6.42 Å². The molecule has 23 heavy (non-hydrogen) atoms. The van der Waals surface area contributed by atoms with Gasteiger partial charge in [0, 0.05) is 24.2 Å². The number of hydrogen-bond donors (Lipinski definition) is 1. The number of nitrogens with zero attached hydrogens (tertiary/aromatic N) is 1. The fourth-order valence-electron chi connectivity index (χ4n) is 2.24. The Kier molecular flexibility index (Phi) is 4.09. The van der Waals surface area contributed by atoms with E-state index < -0.39 is 4.92 Å². The number of rotatable bonds is 5. The average Bonchev–Trinajstić information content (AvgIpc) is 3.02. The van der Waals surface area contributed by atoms with Crippen molar-refractivity contribution in [3.63, 3.8) is 0 Å². The van der Waals surface area contributed by atoms with E-state index in [2.05, 4.69) is 5.32 Å². The molecular weight excluding hydrogens is 300 g/mol. The Morgan fingerprint density at radius 2 is 1.87 bits per heavy atom. The largest absolute Gasteiger partial charge is 0.454 e. The molecule has 0 bridgehead atoms. The first-order valence-electron chi connectivity index (χ1n) is 7.04. The minimum atomic E-state index is -0.439. The van der Waals surface area contributed by atoms with Gasteiger partial charge in [0.2, 0.25) is 6.79 Å². The molecule has 0 saturated heterocycles. The molecule has 1 heterocycles. The number of carbonyl (C=O) groups is 1. The molecule has 1 aliphatic rings. The van der Waals surface area contributed by atoms with E-state index in [4.69, 9.17) is 9.47 Å². The molecule has 0 atom stereocenters. The van der Waals surface area contributed by atoms with Crippen molar-refractivity contribution in [1.82, 2.24) is 5.32 Å². The molecule has 0 unspecified atom stereocenters. The van der Waals surface area contributed by atoms with Crippen molar-refractivity contribution in [2.75, 3.05) is 13.3 Å². The summed E-state index contributed by atoms with van der Waals surface area (Å²) in [6.07, 6.45) is 0.592. The molecule has 1 N–H and O–H groups in total. The van der Waals surface area contributed by atoms with Crippen LogP contribution in [0.25, 0.3) is 0 Å². The van der Waals surface area contributed by atoms with E-state index in [1.165, 1.54) is 12.1 Å². The van der Waals surface area contributed by atoms with Crippen molar-refractivity contribution < 1.29 is 19.2 Å². The van der Waals surface area contributed by atoms with Gasteiger partial charge in [0.25, 0.3) is 11.6 Å². The third kappa shape index (κ3) is 3.39. The fraction of sp³-hybridized carbons (Fsp3) is 0.188. The molecule has 0 radical (unpaired) electrons. The third-order valence-corrected chi connectivity index (χ3v) is 3.48. The van der Waals surface area contributed by atoms with E-state index in [0.717, 1.165) is 5.56 Å². The second-order valence-electron chi connectivity index (χ2n) is 5.00. The zero-order valence-corrected chi connectivity index (χ0v) is 12.2. The first-order valence-corrected chi connectivity index (χ1v) is 7.04. The number of hydrogen-bond acceptors (Lipinski definition) is 5. The Labute approximate surface area is 132 Å². The highest BCUT2D eigenvalue weighted by Gasteiger charge is 2.15. The van der Waals surface area contributed by atoms with Crippen LogP contribution in [0.3, 0.4) is 0 Å². The fourth-order valence-corrected chi connectivity index (χ4v) is 2.24. The zero-order valence-electron chi connectivity index (χ0n) is 12.2. The van der Waals surface area contributed by atoms with Gasteiger partial charge in [0.05, 0.1) is 4.92 Å². The summed E-state index contributed by atoms with van der Waals surface area (Å²) in [5, 5.41) is 13.4. The number of nitro groups is 1. The minimum Gasteiger partial charge on any atom is -0.454 e. The molecular formula is C16H14N2O5. The summed E-state index contributed by atoms with van der Waals surface area (Å²) in [6, 6.07) is 11.3. The standard InChI is InChI=1S/C16H14N2O5/c19-16(12-3-6-14-15(9-12)23-10-22-14)17-8-7-11-1-4-13(5-2-11)18(20)21/h1-6,9H,7-8,10H2,(H,17,19). The smallest absolute Gasteiger partial charge is 0.269 e. The number of amides is 1. The summed E-state index contributed by atoms with van der Waals surface area (Å²) >= 11 is 0. The first-order chi connectivity index (χ1) is 11.1. The van der Waals surface area contributed by atoms with Crippen LogP contribution in [0.5, 0.6) is 11.5 Å². The summed E-state index contributed by atoms with van der Waals surface area (Å²) < 4.78 is 10.4. The van der Waals surface area contributed by atoms with Gasteiger partial charge in [-0.25, -0.2) is 0 Å². The van der Waals surface area contributed by atoms with E-state index in [9.17, 15) is 14.9 Å². The quantitative estimate of drug-likeness (QED) is 0.675. The number of nitrogens with one attached hydrogen (secondary N) is 1. The van der Waals surface area contributed by atoms with Crippen LogP contribution in [0.15, 0.2) is 42.5 Å². The van der Waals surface area contributed by atoms with Crippen LogP contribution >= 0.6 is 0 Å². The third-order valence-electron chi connectivity index (χ3n) is 3.48. The van der Waals surface area contributed by atoms with Gasteiger partial charge in [-0.1, -0.05) is 12.1 Å². The van der Waals surface area contributed by atoms with Crippen LogP contribution in [0, 0.1) is 10.1 Å². The lowest BCUT2D eigenvalue weighted by atomic mass is 10.1. The Bertz CT molecular complexity index is 743. The summed E-state index contributed by atoms with van der Waals surface area (Å²) in [4.78, 5) is 22.2. The summed E-state index contributed by atoms with van der Waals surface area (Å²) in [5.74, 6) is 0.991.